The third-order valence-electron chi connectivity index (χ3n) is 5.43. The van der Waals surface area contributed by atoms with Crippen LogP contribution >= 0.6 is 0 Å². The minimum absolute atomic E-state index is 0.0810. The minimum atomic E-state index is -3.95. The van der Waals surface area contributed by atoms with Crippen molar-refractivity contribution in [1.82, 2.24) is 4.90 Å². The highest BCUT2D eigenvalue weighted by Crippen LogP contribution is 2.34. The lowest BCUT2D eigenvalue weighted by Crippen LogP contribution is -2.46. The Hall–Kier alpha value is -2.45. The lowest BCUT2D eigenvalue weighted by molar-refractivity contribution is 0.0114. The van der Waals surface area contributed by atoms with E-state index < -0.39 is 21.8 Å². The van der Waals surface area contributed by atoms with E-state index in [9.17, 15) is 17.6 Å². The smallest absolute Gasteiger partial charge is 0.410 e. The van der Waals surface area contributed by atoms with Crippen molar-refractivity contribution >= 4 is 16.2 Å². The Labute approximate surface area is 189 Å². The number of ether oxygens (including phenoxy) is 1. The highest BCUT2D eigenvalue weighted by molar-refractivity contribution is 7.86. The molecule has 2 aromatic rings. The first kappa shape index (κ1) is 24.2. The summed E-state index contributed by atoms with van der Waals surface area (Å²) in [5, 5.41) is 0. The maximum atomic E-state index is 13.4. The molecule has 8 heteroatoms. The van der Waals surface area contributed by atoms with Crippen LogP contribution in [-0.2, 0) is 19.0 Å². The van der Waals surface area contributed by atoms with Crippen LogP contribution in [0.15, 0.2) is 53.4 Å². The summed E-state index contributed by atoms with van der Waals surface area (Å²) in [6.07, 6.45) is 0.144. The highest BCUT2D eigenvalue weighted by atomic mass is 32.2. The number of carbonyl (C=O) groups excluding carboxylic acids is 1. The Morgan fingerprint density at radius 2 is 1.72 bits per heavy atom. The molecule has 0 saturated carbocycles. The monoisotopic (exact) mass is 463 g/mol. The van der Waals surface area contributed by atoms with Crippen LogP contribution in [0.4, 0.5) is 9.18 Å². The number of hydrogen-bond acceptors (Lipinski definition) is 5. The van der Waals surface area contributed by atoms with Gasteiger partial charge in [-0.15, -0.1) is 0 Å². The van der Waals surface area contributed by atoms with Crippen LogP contribution in [0, 0.1) is 18.7 Å². The Kier molecular flexibility index (Phi) is 7.25. The molecule has 0 aliphatic carbocycles. The van der Waals surface area contributed by atoms with E-state index in [0.29, 0.717) is 13.0 Å². The van der Waals surface area contributed by atoms with Gasteiger partial charge in [0.15, 0.2) is 0 Å². The van der Waals surface area contributed by atoms with Gasteiger partial charge in [-0.05, 0) is 69.9 Å². The molecule has 1 aliphatic heterocycles. The summed E-state index contributed by atoms with van der Waals surface area (Å²) in [5.41, 5.74) is 1.20. The molecule has 0 radical (unpaired) electrons. The number of benzene rings is 2. The van der Waals surface area contributed by atoms with Crippen molar-refractivity contribution in [2.45, 2.75) is 50.5 Å². The molecule has 174 valence electrons. The molecule has 0 spiro atoms. The van der Waals surface area contributed by atoms with Crippen molar-refractivity contribution in [3.63, 3.8) is 0 Å². The summed E-state index contributed by atoms with van der Waals surface area (Å²) in [4.78, 5) is 14.3. The fourth-order valence-corrected chi connectivity index (χ4v) is 4.75. The van der Waals surface area contributed by atoms with Crippen LogP contribution in [0.25, 0.3) is 0 Å². The predicted molar refractivity (Wildman–Crippen MR) is 119 cm³/mol. The SMILES string of the molecule is Cc1ccc(S(=O)(=O)OC[C@@H]2CN(C(=O)OC(C)(C)C)CC[C@@H]2c2ccc(F)cc2)cc1. The second-order valence-electron chi connectivity index (χ2n) is 9.18. The first-order valence-corrected chi connectivity index (χ1v) is 12.0. The first-order chi connectivity index (χ1) is 14.9. The maximum Gasteiger partial charge on any atom is 0.410 e. The lowest BCUT2D eigenvalue weighted by Gasteiger charge is -2.39. The fraction of sp³-hybridized carbons (Fsp3) is 0.458. The van der Waals surface area contributed by atoms with Gasteiger partial charge in [-0.3, -0.25) is 4.18 Å². The lowest BCUT2D eigenvalue weighted by atomic mass is 9.81. The molecule has 0 bridgehead atoms. The number of piperidine rings is 1. The number of rotatable bonds is 5. The average Bonchev–Trinajstić information content (AvgIpc) is 2.72. The molecule has 2 atom stereocenters. The Balaban J connectivity index is 1.79. The van der Waals surface area contributed by atoms with Gasteiger partial charge < -0.3 is 9.64 Å². The number of aryl methyl sites for hydroxylation is 1. The van der Waals surface area contributed by atoms with Crippen LogP contribution in [0.1, 0.15) is 44.2 Å². The number of amides is 1. The van der Waals surface area contributed by atoms with Crippen LogP contribution < -0.4 is 0 Å². The van der Waals surface area contributed by atoms with E-state index in [1.807, 2.05) is 6.92 Å². The number of nitrogens with zero attached hydrogens (tertiary/aromatic N) is 1. The van der Waals surface area contributed by atoms with Gasteiger partial charge in [0.1, 0.15) is 11.4 Å². The molecule has 6 nitrogen and oxygen atoms in total. The predicted octanol–water partition coefficient (Wildman–Crippen LogP) is 4.88. The Morgan fingerprint density at radius 1 is 1.09 bits per heavy atom. The molecule has 1 heterocycles. The van der Waals surface area contributed by atoms with Crippen molar-refractivity contribution in [1.29, 1.82) is 0 Å². The zero-order valence-electron chi connectivity index (χ0n) is 18.9. The standard InChI is InChI=1S/C24H30FNO5S/c1-17-5-11-21(12-6-17)32(28,29)30-16-19-15-26(23(27)31-24(2,3)4)14-13-22(19)18-7-9-20(25)10-8-18/h5-12,19,22H,13-16H2,1-4H3/t19-,22+/m0/s1. The van der Waals surface area contributed by atoms with Crippen molar-refractivity contribution in [3.05, 3.63) is 65.5 Å². The molecule has 0 aromatic heterocycles. The first-order valence-electron chi connectivity index (χ1n) is 10.6. The van der Waals surface area contributed by atoms with Crippen LogP contribution in [0.2, 0.25) is 0 Å². The van der Waals surface area contributed by atoms with Gasteiger partial charge in [-0.2, -0.15) is 8.42 Å². The molecule has 0 unspecified atom stereocenters. The van der Waals surface area contributed by atoms with Gasteiger partial charge in [-0.1, -0.05) is 29.8 Å². The Morgan fingerprint density at radius 3 is 2.31 bits per heavy atom. The molecular weight excluding hydrogens is 433 g/mol. The molecule has 1 fully saturated rings. The molecular formula is C24H30FNO5S. The van der Waals surface area contributed by atoms with E-state index in [1.54, 1.807) is 49.9 Å². The maximum absolute atomic E-state index is 13.4. The van der Waals surface area contributed by atoms with E-state index >= 15 is 0 Å². The topological polar surface area (TPSA) is 72.9 Å². The van der Waals surface area contributed by atoms with E-state index in [1.165, 1.54) is 24.3 Å². The molecule has 3 rings (SSSR count). The number of halogens is 1. The summed E-state index contributed by atoms with van der Waals surface area (Å²) >= 11 is 0. The fourth-order valence-electron chi connectivity index (χ4n) is 3.79. The molecule has 2 aromatic carbocycles. The third-order valence-corrected chi connectivity index (χ3v) is 6.73. The Bertz CT molecular complexity index is 1030. The molecule has 1 saturated heterocycles. The summed E-state index contributed by atoms with van der Waals surface area (Å²) < 4.78 is 49.7. The van der Waals surface area contributed by atoms with E-state index in [2.05, 4.69) is 0 Å². The second-order valence-corrected chi connectivity index (χ2v) is 10.8. The molecule has 0 N–H and O–H groups in total. The van der Waals surface area contributed by atoms with Gasteiger partial charge in [0.05, 0.1) is 11.5 Å². The summed E-state index contributed by atoms with van der Waals surface area (Å²) in [7, 11) is -3.95. The van der Waals surface area contributed by atoms with Crippen LogP contribution in [-0.4, -0.2) is 44.7 Å². The minimum Gasteiger partial charge on any atom is -0.444 e. The van der Waals surface area contributed by atoms with Crippen molar-refractivity contribution in [3.8, 4) is 0 Å². The summed E-state index contributed by atoms with van der Waals surface area (Å²) in [5.74, 6) is -0.723. The van der Waals surface area contributed by atoms with Crippen LogP contribution in [0.3, 0.4) is 0 Å². The third kappa shape index (κ3) is 6.29. The quantitative estimate of drug-likeness (QED) is 0.591. The van der Waals surface area contributed by atoms with Gasteiger partial charge >= 0.3 is 6.09 Å². The van der Waals surface area contributed by atoms with Crippen LogP contribution in [0.5, 0.6) is 0 Å². The van der Waals surface area contributed by atoms with Gasteiger partial charge in [-0.25, -0.2) is 9.18 Å². The second kappa shape index (κ2) is 9.58. The van der Waals surface area contributed by atoms with Crippen molar-refractivity contribution < 1.29 is 26.5 Å². The van der Waals surface area contributed by atoms with Gasteiger partial charge in [0.2, 0.25) is 0 Å². The van der Waals surface area contributed by atoms with E-state index in [4.69, 9.17) is 8.92 Å². The van der Waals surface area contributed by atoms with Gasteiger partial charge in [0.25, 0.3) is 10.1 Å². The number of likely N-dealkylation sites (tertiary alicyclic amines) is 1. The van der Waals surface area contributed by atoms with Crippen molar-refractivity contribution in [2.24, 2.45) is 5.92 Å². The largest absolute Gasteiger partial charge is 0.444 e. The van der Waals surface area contributed by atoms with Gasteiger partial charge in [0, 0.05) is 19.0 Å². The number of hydrogen-bond donors (Lipinski definition) is 0. The zero-order chi connectivity index (χ0) is 23.5. The zero-order valence-corrected chi connectivity index (χ0v) is 19.7. The molecule has 32 heavy (non-hydrogen) atoms. The van der Waals surface area contributed by atoms with Crippen molar-refractivity contribution in [2.75, 3.05) is 19.7 Å². The van der Waals surface area contributed by atoms with E-state index in [-0.39, 0.29) is 35.7 Å². The summed E-state index contributed by atoms with van der Waals surface area (Å²) in [6, 6.07) is 12.6. The average molecular weight is 464 g/mol. The highest BCUT2D eigenvalue weighted by Gasteiger charge is 2.35. The molecule has 1 aliphatic rings. The number of carbonyl (C=O) groups is 1. The summed E-state index contributed by atoms with van der Waals surface area (Å²) in [6.45, 7) is 7.90. The van der Waals surface area contributed by atoms with E-state index in [0.717, 1.165) is 11.1 Å². The molecule has 1 amide bonds. The normalized spacial score (nSPS) is 19.6.